The van der Waals surface area contributed by atoms with Gasteiger partial charge in [-0.1, -0.05) is 0 Å². The van der Waals surface area contributed by atoms with Gasteiger partial charge in [0.05, 0.1) is 12.6 Å². The van der Waals surface area contributed by atoms with E-state index in [9.17, 15) is 9.59 Å². The van der Waals surface area contributed by atoms with Crippen LogP contribution in [-0.2, 0) is 16.1 Å². The van der Waals surface area contributed by atoms with E-state index < -0.39 is 0 Å². The molecule has 0 radical (unpaired) electrons. The quantitative estimate of drug-likeness (QED) is 0.841. The third kappa shape index (κ3) is 3.06. The molecule has 3 fully saturated rings. The van der Waals surface area contributed by atoms with Gasteiger partial charge in [-0.05, 0) is 43.6 Å². The summed E-state index contributed by atoms with van der Waals surface area (Å²) in [5.41, 5.74) is 0. The Morgan fingerprint density at radius 3 is 2.75 bits per heavy atom. The maximum Gasteiger partial charge on any atom is 0.222 e. The van der Waals surface area contributed by atoms with E-state index in [4.69, 9.17) is 0 Å². The van der Waals surface area contributed by atoms with E-state index in [1.54, 1.807) is 13.1 Å². The fraction of sp³-hybridized carbons (Fsp3) is 0.722. The minimum Gasteiger partial charge on any atom is -0.342 e. The second-order valence-corrected chi connectivity index (χ2v) is 7.65. The van der Waals surface area contributed by atoms with Crippen molar-refractivity contribution in [3.8, 4) is 0 Å². The number of aromatic nitrogens is 2. The van der Waals surface area contributed by atoms with Crippen molar-refractivity contribution in [2.24, 2.45) is 11.8 Å². The molecule has 6 heteroatoms. The average Bonchev–Trinajstić information content (AvgIpc) is 3.08. The smallest absolute Gasteiger partial charge is 0.222 e. The highest BCUT2D eigenvalue weighted by atomic mass is 16.2. The second kappa shape index (κ2) is 6.22. The summed E-state index contributed by atoms with van der Waals surface area (Å²) in [5.74, 6) is 1.52. The monoisotopic (exact) mass is 330 g/mol. The van der Waals surface area contributed by atoms with Crippen LogP contribution in [-0.4, -0.2) is 56.6 Å². The van der Waals surface area contributed by atoms with Crippen LogP contribution in [0, 0.1) is 11.8 Å². The maximum atomic E-state index is 12.4. The topological polar surface area (TPSA) is 58.4 Å². The zero-order valence-electron chi connectivity index (χ0n) is 14.3. The highest BCUT2D eigenvalue weighted by Gasteiger charge is 2.46. The van der Waals surface area contributed by atoms with E-state index in [1.807, 2.05) is 21.8 Å². The lowest BCUT2D eigenvalue weighted by Crippen LogP contribution is -2.50. The molecule has 1 aromatic rings. The van der Waals surface area contributed by atoms with E-state index in [1.165, 1.54) is 12.8 Å². The summed E-state index contributed by atoms with van der Waals surface area (Å²) in [6, 6.07) is 2.39. The zero-order valence-corrected chi connectivity index (χ0v) is 14.3. The van der Waals surface area contributed by atoms with Crippen LogP contribution in [0.25, 0.3) is 0 Å². The first kappa shape index (κ1) is 15.7. The summed E-state index contributed by atoms with van der Waals surface area (Å²) in [7, 11) is 0. The normalized spacial score (nSPS) is 29.6. The molecule has 3 atom stereocenters. The van der Waals surface area contributed by atoms with Gasteiger partial charge in [0, 0.05) is 44.9 Å². The summed E-state index contributed by atoms with van der Waals surface area (Å²) in [4.78, 5) is 28.8. The molecular weight excluding hydrogens is 304 g/mol. The summed E-state index contributed by atoms with van der Waals surface area (Å²) < 4.78 is 1.91. The van der Waals surface area contributed by atoms with Crippen molar-refractivity contribution in [3.63, 3.8) is 0 Å². The minimum atomic E-state index is 0.150. The highest BCUT2D eigenvalue weighted by Crippen LogP contribution is 2.38. The second-order valence-electron chi connectivity index (χ2n) is 7.65. The molecule has 3 aliphatic rings. The van der Waals surface area contributed by atoms with Crippen molar-refractivity contribution < 1.29 is 9.59 Å². The van der Waals surface area contributed by atoms with Gasteiger partial charge in [0.15, 0.2) is 0 Å². The summed E-state index contributed by atoms with van der Waals surface area (Å²) >= 11 is 0. The Morgan fingerprint density at radius 1 is 1.25 bits per heavy atom. The summed E-state index contributed by atoms with van der Waals surface area (Å²) in [5, 5.41) is 4.29. The number of fused-ring (bicyclic) bond motifs is 1. The molecule has 0 aromatic carbocycles. The largest absolute Gasteiger partial charge is 0.342 e. The van der Waals surface area contributed by atoms with Crippen LogP contribution in [0.4, 0.5) is 0 Å². The van der Waals surface area contributed by atoms with Crippen molar-refractivity contribution in [3.05, 3.63) is 18.5 Å². The molecule has 24 heavy (non-hydrogen) atoms. The molecule has 1 saturated carbocycles. The number of nitrogens with zero attached hydrogens (tertiary/aromatic N) is 4. The number of carbonyl (C=O) groups excluding carboxylic acids is 2. The Bertz CT molecular complexity index is 611. The molecule has 3 heterocycles. The summed E-state index contributed by atoms with van der Waals surface area (Å²) in [6.45, 7) is 4.03. The molecule has 2 amide bonds. The Kier molecular flexibility index (Phi) is 4.06. The molecule has 6 nitrogen and oxygen atoms in total. The summed E-state index contributed by atoms with van der Waals surface area (Å²) in [6.07, 6.45) is 8.77. The molecule has 4 rings (SSSR count). The van der Waals surface area contributed by atoms with Crippen LogP contribution in [0.2, 0.25) is 0 Å². The first-order valence-electron chi connectivity index (χ1n) is 9.16. The fourth-order valence-electron chi connectivity index (χ4n) is 4.55. The van der Waals surface area contributed by atoms with Crippen molar-refractivity contribution in [2.75, 3.05) is 13.1 Å². The average molecular weight is 330 g/mol. The van der Waals surface area contributed by atoms with Crippen LogP contribution in [0.15, 0.2) is 18.5 Å². The predicted molar refractivity (Wildman–Crippen MR) is 89.0 cm³/mol. The van der Waals surface area contributed by atoms with Crippen LogP contribution < -0.4 is 0 Å². The van der Waals surface area contributed by atoms with E-state index in [-0.39, 0.29) is 18.0 Å². The Balaban J connectivity index is 1.44. The number of likely N-dealkylation sites (tertiary alicyclic amines) is 2. The van der Waals surface area contributed by atoms with Crippen molar-refractivity contribution in [1.82, 2.24) is 19.6 Å². The van der Waals surface area contributed by atoms with E-state index in [0.717, 1.165) is 38.9 Å². The van der Waals surface area contributed by atoms with Gasteiger partial charge >= 0.3 is 0 Å². The molecule has 0 spiro atoms. The number of piperidine rings is 1. The molecule has 0 unspecified atom stereocenters. The van der Waals surface area contributed by atoms with Gasteiger partial charge in [-0.3, -0.25) is 14.3 Å². The van der Waals surface area contributed by atoms with Gasteiger partial charge in [-0.15, -0.1) is 0 Å². The van der Waals surface area contributed by atoms with Crippen LogP contribution >= 0.6 is 0 Å². The SMILES string of the molecule is CC(=O)N1[C@@H](Cn2cccn2)C[C@H]2CN(C(=O)CC3CC3)CC[C@H]21. The molecular formula is C18H26N4O2. The molecule has 1 aromatic heterocycles. The van der Waals surface area contributed by atoms with Crippen LogP contribution in [0.5, 0.6) is 0 Å². The third-order valence-electron chi connectivity index (χ3n) is 5.85. The van der Waals surface area contributed by atoms with Crippen LogP contribution in [0.1, 0.15) is 39.0 Å². The number of amides is 2. The van der Waals surface area contributed by atoms with Crippen LogP contribution in [0.3, 0.4) is 0 Å². The molecule has 1 aliphatic carbocycles. The maximum absolute atomic E-state index is 12.4. The lowest BCUT2D eigenvalue weighted by Gasteiger charge is -2.38. The molecule has 2 saturated heterocycles. The van der Waals surface area contributed by atoms with E-state index in [0.29, 0.717) is 17.7 Å². The third-order valence-corrected chi connectivity index (χ3v) is 5.85. The predicted octanol–water partition coefficient (Wildman–Crippen LogP) is 1.52. The van der Waals surface area contributed by atoms with Gasteiger partial charge in [0.1, 0.15) is 0 Å². The Morgan fingerprint density at radius 2 is 2.08 bits per heavy atom. The highest BCUT2D eigenvalue weighted by molar-refractivity contribution is 5.77. The molecule has 0 N–H and O–H groups in total. The standard InChI is InChI=1S/C18H26N4O2/c1-13(23)22-16(12-21-7-2-6-19-21)10-15-11-20(8-5-17(15)22)18(24)9-14-3-4-14/h2,6-7,14-17H,3-5,8-12H2,1H3/t15-,16+,17+/m0/s1. The van der Waals surface area contributed by atoms with E-state index in [2.05, 4.69) is 10.00 Å². The van der Waals surface area contributed by atoms with Gasteiger partial charge < -0.3 is 9.80 Å². The van der Waals surface area contributed by atoms with Gasteiger partial charge in [0.2, 0.25) is 11.8 Å². The number of rotatable bonds is 4. The lowest BCUT2D eigenvalue weighted by molar-refractivity contribution is -0.136. The first-order chi connectivity index (χ1) is 11.6. The van der Waals surface area contributed by atoms with Crippen molar-refractivity contribution >= 4 is 11.8 Å². The van der Waals surface area contributed by atoms with Crippen molar-refractivity contribution in [2.45, 2.75) is 57.7 Å². The Hall–Kier alpha value is -1.85. The number of hydrogen-bond donors (Lipinski definition) is 0. The fourth-order valence-corrected chi connectivity index (χ4v) is 4.55. The Labute approximate surface area is 142 Å². The minimum absolute atomic E-state index is 0.150. The first-order valence-corrected chi connectivity index (χ1v) is 9.16. The van der Waals surface area contributed by atoms with Gasteiger partial charge in [0.25, 0.3) is 0 Å². The van der Waals surface area contributed by atoms with Crippen molar-refractivity contribution in [1.29, 1.82) is 0 Å². The van der Waals surface area contributed by atoms with Gasteiger partial charge in [-0.25, -0.2) is 0 Å². The lowest BCUT2D eigenvalue weighted by atomic mass is 9.91. The molecule has 0 bridgehead atoms. The zero-order chi connectivity index (χ0) is 16.7. The van der Waals surface area contributed by atoms with Gasteiger partial charge in [-0.2, -0.15) is 5.10 Å². The number of hydrogen-bond acceptors (Lipinski definition) is 3. The molecule has 2 aliphatic heterocycles. The number of carbonyl (C=O) groups is 2. The van der Waals surface area contributed by atoms with E-state index >= 15 is 0 Å². The molecule has 130 valence electrons.